The molecule has 10 heteroatoms. The first-order valence-corrected chi connectivity index (χ1v) is 8.61. The van der Waals surface area contributed by atoms with Crippen molar-refractivity contribution < 1.29 is 9.53 Å². The Morgan fingerprint density at radius 2 is 2.04 bits per heavy atom. The first-order chi connectivity index (χ1) is 12.1. The zero-order valence-corrected chi connectivity index (χ0v) is 14.5. The van der Waals surface area contributed by atoms with Gasteiger partial charge in [0.25, 0.3) is 0 Å². The molecule has 1 aromatic carbocycles. The van der Waals surface area contributed by atoms with Crippen molar-refractivity contribution in [3.8, 4) is 10.8 Å². The van der Waals surface area contributed by atoms with Gasteiger partial charge in [-0.15, -0.1) is 11.3 Å². The Balaban J connectivity index is 1.47. The Morgan fingerprint density at radius 1 is 1.24 bits per heavy atom. The van der Waals surface area contributed by atoms with E-state index in [1.807, 2.05) is 5.38 Å². The minimum Gasteiger partial charge on any atom is -0.492 e. The number of carbonyl (C=O) groups is 1. The van der Waals surface area contributed by atoms with Crippen molar-refractivity contribution in [2.75, 3.05) is 13.2 Å². The van der Waals surface area contributed by atoms with Gasteiger partial charge < -0.3 is 10.1 Å². The van der Waals surface area contributed by atoms with Crippen LogP contribution in [0.25, 0.3) is 5.00 Å². The van der Waals surface area contributed by atoms with Crippen molar-refractivity contribution in [3.05, 3.63) is 57.3 Å². The van der Waals surface area contributed by atoms with Gasteiger partial charge in [0.15, 0.2) is 0 Å². The quantitative estimate of drug-likeness (QED) is 0.625. The van der Waals surface area contributed by atoms with Gasteiger partial charge in [-0.05, 0) is 52.2 Å². The van der Waals surface area contributed by atoms with Crippen LogP contribution in [-0.2, 0) is 11.3 Å². The fourth-order valence-corrected chi connectivity index (χ4v) is 2.78. The zero-order valence-electron chi connectivity index (χ0n) is 13.0. The number of halogens is 1. The smallest absolute Gasteiger partial charge is 0.369 e. The summed E-state index contributed by atoms with van der Waals surface area (Å²) in [5.41, 5.74) is -0.463. The van der Waals surface area contributed by atoms with E-state index >= 15 is 0 Å². The number of nitrogens with one attached hydrogen (secondary N) is 1. The van der Waals surface area contributed by atoms with E-state index in [1.165, 1.54) is 11.3 Å². The summed E-state index contributed by atoms with van der Waals surface area (Å²) in [7, 11) is 0. The third kappa shape index (κ3) is 4.46. The molecule has 0 saturated carbocycles. The van der Waals surface area contributed by atoms with Crippen LogP contribution in [0.2, 0.25) is 5.02 Å². The number of tetrazole rings is 1. The normalized spacial score (nSPS) is 10.6. The van der Waals surface area contributed by atoms with Crippen molar-refractivity contribution >= 4 is 28.8 Å². The summed E-state index contributed by atoms with van der Waals surface area (Å²) in [6.45, 7) is 0.393. The van der Waals surface area contributed by atoms with E-state index in [2.05, 4.69) is 15.7 Å². The molecule has 0 bridgehead atoms. The van der Waals surface area contributed by atoms with Crippen LogP contribution in [0.5, 0.6) is 5.75 Å². The Hall–Kier alpha value is -2.65. The van der Waals surface area contributed by atoms with Crippen molar-refractivity contribution in [1.82, 2.24) is 25.1 Å². The molecule has 1 amide bonds. The average molecular weight is 380 g/mol. The third-order valence-corrected chi connectivity index (χ3v) is 4.25. The van der Waals surface area contributed by atoms with Gasteiger partial charge in [0, 0.05) is 5.02 Å². The van der Waals surface area contributed by atoms with Gasteiger partial charge in [0.1, 0.15) is 23.9 Å². The van der Waals surface area contributed by atoms with Crippen molar-refractivity contribution in [2.24, 2.45) is 0 Å². The SMILES string of the molecule is O=C(Cn1nnn(-c2cccs2)c1=O)NCCOc1ccc(Cl)cc1. The maximum atomic E-state index is 12.1. The fraction of sp³-hybridized carbons (Fsp3) is 0.200. The summed E-state index contributed by atoms with van der Waals surface area (Å²) >= 11 is 7.15. The number of rotatable bonds is 7. The van der Waals surface area contributed by atoms with Crippen LogP contribution in [0.1, 0.15) is 0 Å². The van der Waals surface area contributed by atoms with Gasteiger partial charge in [0.05, 0.1) is 6.54 Å². The molecule has 3 aromatic rings. The Morgan fingerprint density at radius 3 is 2.76 bits per heavy atom. The van der Waals surface area contributed by atoms with Gasteiger partial charge in [-0.2, -0.15) is 9.36 Å². The lowest BCUT2D eigenvalue weighted by molar-refractivity contribution is -0.122. The van der Waals surface area contributed by atoms with E-state index in [0.29, 0.717) is 28.9 Å². The molecular formula is C15H14ClN5O3S. The van der Waals surface area contributed by atoms with Crippen molar-refractivity contribution in [3.63, 3.8) is 0 Å². The maximum absolute atomic E-state index is 12.1. The molecule has 0 spiro atoms. The van der Waals surface area contributed by atoms with Crippen LogP contribution in [0.3, 0.4) is 0 Å². The average Bonchev–Trinajstić information content (AvgIpc) is 3.24. The highest BCUT2D eigenvalue weighted by Crippen LogP contribution is 2.15. The van der Waals surface area contributed by atoms with Gasteiger partial charge in [-0.3, -0.25) is 4.79 Å². The Labute approximate surface area is 151 Å². The largest absolute Gasteiger partial charge is 0.492 e. The molecule has 25 heavy (non-hydrogen) atoms. The molecule has 8 nitrogen and oxygen atoms in total. The number of amides is 1. The predicted octanol–water partition coefficient (Wildman–Crippen LogP) is 1.34. The number of ether oxygens (including phenoxy) is 1. The Bertz CT molecular complexity index is 889. The van der Waals surface area contributed by atoms with E-state index in [4.69, 9.17) is 16.3 Å². The van der Waals surface area contributed by atoms with E-state index in [0.717, 1.165) is 9.36 Å². The number of thiophene rings is 1. The van der Waals surface area contributed by atoms with Crippen LogP contribution >= 0.6 is 22.9 Å². The standard InChI is InChI=1S/C15H14ClN5O3S/c16-11-3-5-12(6-4-11)24-8-7-17-13(22)10-20-15(23)21(19-18-20)14-2-1-9-25-14/h1-6,9H,7-8,10H2,(H,17,22). The summed E-state index contributed by atoms with van der Waals surface area (Å²) in [4.78, 5) is 24.0. The lowest BCUT2D eigenvalue weighted by Crippen LogP contribution is -2.35. The predicted molar refractivity (Wildman–Crippen MR) is 93.5 cm³/mol. The number of benzene rings is 1. The molecule has 2 heterocycles. The number of carbonyl (C=O) groups excluding carboxylic acids is 1. The number of hydrogen-bond donors (Lipinski definition) is 1. The first kappa shape index (κ1) is 17.2. The molecule has 3 rings (SSSR count). The van der Waals surface area contributed by atoms with Crippen LogP contribution in [0.15, 0.2) is 46.6 Å². The molecule has 0 unspecified atom stereocenters. The van der Waals surface area contributed by atoms with Gasteiger partial charge in [-0.1, -0.05) is 11.6 Å². The molecule has 130 valence electrons. The fourth-order valence-electron chi connectivity index (χ4n) is 1.98. The summed E-state index contributed by atoms with van der Waals surface area (Å²) in [6, 6.07) is 10.5. The van der Waals surface area contributed by atoms with Crippen LogP contribution in [0, 0.1) is 0 Å². The molecule has 0 aliphatic rings. The second-order valence-corrected chi connectivity index (χ2v) is 6.30. The molecule has 0 aliphatic carbocycles. The van der Waals surface area contributed by atoms with Crippen LogP contribution < -0.4 is 15.7 Å². The second kappa shape index (κ2) is 7.95. The van der Waals surface area contributed by atoms with Gasteiger partial charge in [0.2, 0.25) is 5.91 Å². The van der Waals surface area contributed by atoms with Crippen LogP contribution in [0.4, 0.5) is 0 Å². The number of hydrogen-bond acceptors (Lipinski definition) is 6. The zero-order chi connectivity index (χ0) is 17.6. The summed E-state index contributed by atoms with van der Waals surface area (Å²) < 4.78 is 7.63. The number of aromatic nitrogens is 4. The highest BCUT2D eigenvalue weighted by atomic mass is 35.5. The third-order valence-electron chi connectivity index (χ3n) is 3.15. The molecule has 0 atom stereocenters. The van der Waals surface area contributed by atoms with Gasteiger partial charge in [-0.25, -0.2) is 4.79 Å². The molecule has 0 saturated heterocycles. The highest BCUT2D eigenvalue weighted by molar-refractivity contribution is 7.12. The van der Waals surface area contributed by atoms with Crippen molar-refractivity contribution in [2.45, 2.75) is 6.54 Å². The lowest BCUT2D eigenvalue weighted by Gasteiger charge is -2.07. The van der Waals surface area contributed by atoms with Crippen molar-refractivity contribution in [1.29, 1.82) is 0 Å². The monoisotopic (exact) mass is 379 g/mol. The Kier molecular flexibility index (Phi) is 5.46. The first-order valence-electron chi connectivity index (χ1n) is 7.35. The molecule has 0 radical (unpaired) electrons. The van der Waals surface area contributed by atoms with E-state index in [1.54, 1.807) is 36.4 Å². The highest BCUT2D eigenvalue weighted by Gasteiger charge is 2.12. The molecule has 0 aliphatic heterocycles. The summed E-state index contributed by atoms with van der Waals surface area (Å²) in [5, 5.41) is 13.2. The second-order valence-electron chi connectivity index (χ2n) is 4.93. The minimum atomic E-state index is -0.463. The topological polar surface area (TPSA) is 91.0 Å². The van der Waals surface area contributed by atoms with E-state index in [9.17, 15) is 9.59 Å². The minimum absolute atomic E-state index is 0.203. The van der Waals surface area contributed by atoms with E-state index < -0.39 is 5.69 Å². The number of nitrogens with zero attached hydrogens (tertiary/aromatic N) is 4. The molecular weight excluding hydrogens is 366 g/mol. The summed E-state index contributed by atoms with van der Waals surface area (Å²) in [6.07, 6.45) is 0. The molecule has 1 N–H and O–H groups in total. The molecule has 0 fully saturated rings. The lowest BCUT2D eigenvalue weighted by atomic mass is 10.3. The molecule has 2 aromatic heterocycles. The van der Waals surface area contributed by atoms with E-state index in [-0.39, 0.29) is 12.5 Å². The summed E-state index contributed by atoms with van der Waals surface area (Å²) in [5.74, 6) is 0.314. The maximum Gasteiger partial charge on any atom is 0.369 e. The van der Waals surface area contributed by atoms with Gasteiger partial charge >= 0.3 is 5.69 Å². The van der Waals surface area contributed by atoms with Crippen LogP contribution in [-0.4, -0.2) is 38.8 Å².